The highest BCUT2D eigenvalue weighted by atomic mass is 79.9. The van der Waals surface area contributed by atoms with Crippen LogP contribution in [0.5, 0.6) is 0 Å². The maximum atomic E-state index is 10.9. The van der Waals surface area contributed by atoms with E-state index in [2.05, 4.69) is 48.8 Å². The van der Waals surface area contributed by atoms with Crippen LogP contribution < -0.4 is 0 Å². The van der Waals surface area contributed by atoms with Crippen LogP contribution in [0.3, 0.4) is 0 Å². The summed E-state index contributed by atoms with van der Waals surface area (Å²) in [7, 11) is 0. The monoisotopic (exact) mass is 332 g/mol. The minimum atomic E-state index is -0.986. The molecular formula is C18H21BrO. The summed E-state index contributed by atoms with van der Waals surface area (Å²) in [6.45, 7) is 8.40. The maximum Gasteiger partial charge on any atom is 0.112 e. The van der Waals surface area contributed by atoms with Gasteiger partial charge in [-0.1, -0.05) is 73.1 Å². The van der Waals surface area contributed by atoms with Gasteiger partial charge in [-0.2, -0.15) is 0 Å². The zero-order valence-electron chi connectivity index (χ0n) is 12.4. The molecule has 1 unspecified atom stereocenters. The van der Waals surface area contributed by atoms with Crippen LogP contribution in [0.2, 0.25) is 0 Å². The van der Waals surface area contributed by atoms with E-state index in [0.29, 0.717) is 0 Å². The van der Waals surface area contributed by atoms with E-state index in [-0.39, 0.29) is 5.41 Å². The second-order valence-electron chi connectivity index (χ2n) is 6.41. The molecule has 0 aliphatic rings. The van der Waals surface area contributed by atoms with Crippen LogP contribution >= 0.6 is 15.9 Å². The van der Waals surface area contributed by atoms with Crippen LogP contribution in [-0.4, -0.2) is 5.11 Å². The Labute approximate surface area is 129 Å². The molecule has 2 rings (SSSR count). The lowest BCUT2D eigenvalue weighted by Crippen LogP contribution is -2.23. The molecular weight excluding hydrogens is 312 g/mol. The summed E-state index contributed by atoms with van der Waals surface area (Å²) < 4.78 is 0.974. The van der Waals surface area contributed by atoms with Gasteiger partial charge in [0, 0.05) is 4.47 Å². The predicted molar refractivity (Wildman–Crippen MR) is 88.0 cm³/mol. The predicted octanol–water partition coefficient (Wildman–Crippen LogP) is 5.00. The molecule has 0 amide bonds. The van der Waals surface area contributed by atoms with Crippen molar-refractivity contribution >= 4 is 15.9 Å². The fourth-order valence-corrected chi connectivity index (χ4v) is 2.65. The second kappa shape index (κ2) is 5.34. The second-order valence-corrected chi connectivity index (χ2v) is 7.33. The van der Waals surface area contributed by atoms with Gasteiger partial charge in [0.15, 0.2) is 0 Å². The molecule has 0 aliphatic carbocycles. The van der Waals surface area contributed by atoms with Gasteiger partial charge in [0.05, 0.1) is 0 Å². The number of hydrogen-bond donors (Lipinski definition) is 1. The number of hydrogen-bond acceptors (Lipinski definition) is 1. The topological polar surface area (TPSA) is 20.2 Å². The minimum Gasteiger partial charge on any atom is -0.381 e. The molecule has 20 heavy (non-hydrogen) atoms. The van der Waals surface area contributed by atoms with Gasteiger partial charge in [-0.25, -0.2) is 0 Å². The van der Waals surface area contributed by atoms with Gasteiger partial charge in [-0.3, -0.25) is 0 Å². The van der Waals surface area contributed by atoms with E-state index in [4.69, 9.17) is 0 Å². The SMILES string of the molecule is CC(C)(C)c1ccc(C(C)(O)c2cccc(Br)c2)cc1. The summed E-state index contributed by atoms with van der Waals surface area (Å²) in [6.07, 6.45) is 0. The molecule has 1 N–H and O–H groups in total. The van der Waals surface area contributed by atoms with Crippen molar-refractivity contribution in [3.8, 4) is 0 Å². The van der Waals surface area contributed by atoms with E-state index in [1.165, 1.54) is 5.56 Å². The lowest BCUT2D eigenvalue weighted by molar-refractivity contribution is 0.102. The molecule has 0 radical (unpaired) electrons. The summed E-state index contributed by atoms with van der Waals surface area (Å²) in [5, 5.41) is 10.9. The Balaban J connectivity index is 2.39. The van der Waals surface area contributed by atoms with Crippen LogP contribution in [0.25, 0.3) is 0 Å². The van der Waals surface area contributed by atoms with Gasteiger partial charge in [0.1, 0.15) is 5.60 Å². The Kier molecular flexibility index (Phi) is 4.08. The van der Waals surface area contributed by atoms with Gasteiger partial charge in [0.25, 0.3) is 0 Å². The van der Waals surface area contributed by atoms with E-state index in [1.807, 2.05) is 43.3 Å². The number of rotatable bonds is 2. The Morgan fingerprint density at radius 1 is 0.800 bits per heavy atom. The van der Waals surface area contributed by atoms with E-state index in [0.717, 1.165) is 15.6 Å². The van der Waals surface area contributed by atoms with Crippen molar-refractivity contribution in [1.82, 2.24) is 0 Å². The fourth-order valence-electron chi connectivity index (χ4n) is 2.25. The maximum absolute atomic E-state index is 10.9. The Hall–Kier alpha value is -1.12. The first-order valence-electron chi connectivity index (χ1n) is 6.81. The number of aliphatic hydroxyl groups is 1. The smallest absolute Gasteiger partial charge is 0.112 e. The normalized spacial score (nSPS) is 14.9. The van der Waals surface area contributed by atoms with Crippen LogP contribution in [0.1, 0.15) is 44.4 Å². The highest BCUT2D eigenvalue weighted by Crippen LogP contribution is 2.32. The molecule has 0 fully saturated rings. The largest absolute Gasteiger partial charge is 0.381 e. The molecule has 0 saturated carbocycles. The average molecular weight is 333 g/mol. The van der Waals surface area contributed by atoms with Crippen LogP contribution in [0.4, 0.5) is 0 Å². The third-order valence-electron chi connectivity index (χ3n) is 3.70. The summed E-state index contributed by atoms with van der Waals surface area (Å²) in [6, 6.07) is 16.0. The van der Waals surface area contributed by atoms with Crippen molar-refractivity contribution in [2.24, 2.45) is 0 Å². The molecule has 0 bridgehead atoms. The van der Waals surface area contributed by atoms with E-state index in [1.54, 1.807) is 0 Å². The Bertz CT molecular complexity index is 592. The summed E-state index contributed by atoms with van der Waals surface area (Å²) in [4.78, 5) is 0. The summed E-state index contributed by atoms with van der Waals surface area (Å²) in [5.74, 6) is 0. The Morgan fingerprint density at radius 3 is 1.85 bits per heavy atom. The van der Waals surface area contributed by atoms with Crippen molar-refractivity contribution in [2.75, 3.05) is 0 Å². The molecule has 1 nitrogen and oxygen atoms in total. The molecule has 2 aromatic rings. The highest BCUT2D eigenvalue weighted by molar-refractivity contribution is 9.10. The van der Waals surface area contributed by atoms with Gasteiger partial charge in [0.2, 0.25) is 0 Å². The first kappa shape index (κ1) is 15.3. The van der Waals surface area contributed by atoms with Crippen molar-refractivity contribution in [1.29, 1.82) is 0 Å². The lowest BCUT2D eigenvalue weighted by atomic mass is 9.83. The van der Waals surface area contributed by atoms with Crippen LogP contribution in [0, 0.1) is 0 Å². The molecule has 0 aliphatic heterocycles. The third kappa shape index (κ3) is 3.13. The van der Waals surface area contributed by atoms with Gasteiger partial charge < -0.3 is 5.11 Å². The van der Waals surface area contributed by atoms with Crippen LogP contribution in [-0.2, 0) is 11.0 Å². The van der Waals surface area contributed by atoms with Crippen molar-refractivity contribution in [3.05, 3.63) is 69.7 Å². The average Bonchev–Trinajstić information content (AvgIpc) is 2.38. The van der Waals surface area contributed by atoms with Gasteiger partial charge >= 0.3 is 0 Å². The van der Waals surface area contributed by atoms with Gasteiger partial charge in [-0.05, 0) is 41.2 Å². The van der Waals surface area contributed by atoms with Crippen molar-refractivity contribution in [3.63, 3.8) is 0 Å². The molecule has 0 spiro atoms. The highest BCUT2D eigenvalue weighted by Gasteiger charge is 2.26. The molecule has 0 heterocycles. The van der Waals surface area contributed by atoms with Crippen molar-refractivity contribution < 1.29 is 5.11 Å². The summed E-state index contributed by atoms with van der Waals surface area (Å²) >= 11 is 3.45. The molecule has 106 valence electrons. The van der Waals surface area contributed by atoms with E-state index in [9.17, 15) is 5.11 Å². The first-order valence-corrected chi connectivity index (χ1v) is 7.60. The minimum absolute atomic E-state index is 0.125. The molecule has 2 aromatic carbocycles. The molecule has 0 saturated heterocycles. The van der Waals surface area contributed by atoms with E-state index < -0.39 is 5.60 Å². The summed E-state index contributed by atoms with van der Waals surface area (Å²) in [5.41, 5.74) is 2.20. The third-order valence-corrected chi connectivity index (χ3v) is 4.19. The molecule has 0 aromatic heterocycles. The van der Waals surface area contributed by atoms with E-state index >= 15 is 0 Å². The molecule has 1 atom stereocenters. The number of halogens is 1. The zero-order valence-corrected chi connectivity index (χ0v) is 14.0. The van der Waals surface area contributed by atoms with Gasteiger partial charge in [-0.15, -0.1) is 0 Å². The first-order chi connectivity index (χ1) is 9.21. The Morgan fingerprint density at radius 2 is 1.35 bits per heavy atom. The number of benzene rings is 2. The quantitative estimate of drug-likeness (QED) is 0.820. The molecule has 2 heteroatoms. The van der Waals surface area contributed by atoms with Crippen molar-refractivity contribution in [2.45, 2.75) is 38.7 Å². The standard InChI is InChI=1S/C18H21BrO/c1-17(2,3)13-8-10-14(11-9-13)18(4,20)15-6-5-7-16(19)12-15/h5-12,20H,1-4H3. The fraction of sp³-hybridized carbons (Fsp3) is 0.333. The van der Waals surface area contributed by atoms with Crippen LogP contribution in [0.15, 0.2) is 53.0 Å². The lowest BCUT2D eigenvalue weighted by Gasteiger charge is -2.26. The zero-order chi connectivity index (χ0) is 15.0.